The van der Waals surface area contributed by atoms with E-state index in [1.165, 1.54) is 12.1 Å². The van der Waals surface area contributed by atoms with Crippen LogP contribution in [0.5, 0.6) is 0 Å². The normalized spacial score (nSPS) is 12.3. The number of sulfonamides is 1. The van der Waals surface area contributed by atoms with Crippen molar-refractivity contribution in [2.75, 3.05) is 4.72 Å². The van der Waals surface area contributed by atoms with Crippen molar-refractivity contribution in [3.05, 3.63) is 94.0 Å². The summed E-state index contributed by atoms with van der Waals surface area (Å²) in [5, 5.41) is 3.44. The summed E-state index contributed by atoms with van der Waals surface area (Å²) in [7, 11) is -3.83. The van der Waals surface area contributed by atoms with Crippen molar-refractivity contribution in [1.82, 2.24) is 5.32 Å². The predicted molar refractivity (Wildman–Crippen MR) is 120 cm³/mol. The molecule has 5 nitrogen and oxygen atoms in total. The topological polar surface area (TPSA) is 75.3 Å². The van der Waals surface area contributed by atoms with Gasteiger partial charge in [0.25, 0.3) is 15.9 Å². The summed E-state index contributed by atoms with van der Waals surface area (Å²) < 4.78 is 28.3. The first kappa shape index (κ1) is 21.9. The Morgan fingerprint density at radius 3 is 2.33 bits per heavy atom. The minimum Gasteiger partial charge on any atom is -0.346 e. The number of hydrogen-bond donors (Lipinski definition) is 2. The van der Waals surface area contributed by atoms with Crippen molar-refractivity contribution in [3.8, 4) is 0 Å². The number of anilines is 1. The molecule has 0 aliphatic heterocycles. The Bertz CT molecular complexity index is 1180. The van der Waals surface area contributed by atoms with Gasteiger partial charge in [-0.1, -0.05) is 48.0 Å². The highest BCUT2D eigenvalue weighted by Crippen LogP contribution is 2.26. The molecule has 0 aliphatic rings. The average molecular weight is 443 g/mol. The molecule has 0 saturated carbocycles. The standard InChI is InChI=1S/C23H23ClN2O3S/c1-15-13-22(16(2)12-21(15)24)30(28,29)26-20-11-7-10-19(14-20)23(27)25-17(3)18-8-5-4-6-9-18/h4-14,17,26H,1-3H3,(H,25,27)/t17-/m0/s1. The summed E-state index contributed by atoms with van der Waals surface area (Å²) in [6, 6.07) is 19.0. The maximum absolute atomic E-state index is 12.9. The highest BCUT2D eigenvalue weighted by molar-refractivity contribution is 7.92. The Morgan fingerprint density at radius 1 is 0.933 bits per heavy atom. The van der Waals surface area contributed by atoms with Crippen LogP contribution >= 0.6 is 11.6 Å². The Labute approximate surface area is 182 Å². The van der Waals surface area contributed by atoms with Gasteiger partial charge in [-0.25, -0.2) is 8.42 Å². The number of aryl methyl sites for hydroxylation is 2. The summed E-state index contributed by atoms with van der Waals surface area (Å²) in [6.07, 6.45) is 0. The Hall–Kier alpha value is -2.83. The molecular weight excluding hydrogens is 420 g/mol. The zero-order valence-electron chi connectivity index (χ0n) is 16.9. The van der Waals surface area contributed by atoms with Gasteiger partial charge < -0.3 is 5.32 Å². The molecule has 30 heavy (non-hydrogen) atoms. The number of carbonyl (C=O) groups is 1. The molecule has 0 bridgehead atoms. The molecule has 0 aromatic heterocycles. The van der Waals surface area contributed by atoms with Crippen LogP contribution in [0.1, 0.15) is 40.0 Å². The summed E-state index contributed by atoms with van der Waals surface area (Å²) in [6.45, 7) is 5.33. The Balaban J connectivity index is 1.80. The Morgan fingerprint density at radius 2 is 1.63 bits per heavy atom. The molecule has 0 radical (unpaired) electrons. The zero-order chi connectivity index (χ0) is 21.9. The summed E-state index contributed by atoms with van der Waals surface area (Å²) >= 11 is 6.08. The van der Waals surface area contributed by atoms with Gasteiger partial charge in [-0.3, -0.25) is 9.52 Å². The number of amides is 1. The molecule has 0 unspecified atom stereocenters. The minimum absolute atomic E-state index is 0.150. The second-order valence-electron chi connectivity index (χ2n) is 7.16. The van der Waals surface area contributed by atoms with E-state index in [1.54, 1.807) is 38.1 Å². The van der Waals surface area contributed by atoms with Crippen molar-refractivity contribution in [3.63, 3.8) is 0 Å². The summed E-state index contributed by atoms with van der Waals surface area (Å²) in [5.41, 5.74) is 2.87. The van der Waals surface area contributed by atoms with Gasteiger partial charge in [0.15, 0.2) is 0 Å². The van der Waals surface area contributed by atoms with Gasteiger partial charge in [-0.05, 0) is 67.8 Å². The smallest absolute Gasteiger partial charge is 0.262 e. The lowest BCUT2D eigenvalue weighted by Gasteiger charge is -2.15. The number of halogens is 1. The van der Waals surface area contributed by atoms with Gasteiger partial charge in [0, 0.05) is 16.3 Å². The van der Waals surface area contributed by atoms with E-state index in [0.717, 1.165) is 5.56 Å². The van der Waals surface area contributed by atoms with E-state index in [2.05, 4.69) is 10.0 Å². The van der Waals surface area contributed by atoms with Crippen LogP contribution in [0.15, 0.2) is 71.6 Å². The van der Waals surface area contributed by atoms with Crippen LogP contribution in [0, 0.1) is 13.8 Å². The van der Waals surface area contributed by atoms with E-state index in [-0.39, 0.29) is 16.8 Å². The number of hydrogen-bond acceptors (Lipinski definition) is 3. The SMILES string of the molecule is Cc1cc(S(=O)(=O)Nc2cccc(C(=O)N[C@@H](C)c3ccccc3)c2)c(C)cc1Cl. The average Bonchev–Trinajstić information content (AvgIpc) is 2.71. The maximum atomic E-state index is 12.9. The molecule has 156 valence electrons. The Kier molecular flexibility index (Phi) is 6.48. The molecule has 0 aliphatic carbocycles. The molecule has 3 rings (SSSR count). The molecule has 0 saturated heterocycles. The molecule has 7 heteroatoms. The quantitative estimate of drug-likeness (QED) is 0.547. The number of carbonyl (C=O) groups excluding carboxylic acids is 1. The first-order chi connectivity index (χ1) is 14.2. The molecule has 1 amide bonds. The van der Waals surface area contributed by atoms with Crippen LogP contribution in [0.25, 0.3) is 0 Å². The van der Waals surface area contributed by atoms with E-state index < -0.39 is 10.0 Å². The third kappa shape index (κ3) is 5.01. The molecule has 3 aromatic rings. The molecule has 2 N–H and O–H groups in total. The van der Waals surface area contributed by atoms with Gasteiger partial charge in [-0.15, -0.1) is 0 Å². The number of rotatable bonds is 6. The third-order valence-corrected chi connectivity index (χ3v) is 6.70. The third-order valence-electron chi connectivity index (χ3n) is 4.77. The van der Waals surface area contributed by atoms with Gasteiger partial charge in [0.2, 0.25) is 0 Å². The lowest BCUT2D eigenvalue weighted by molar-refractivity contribution is 0.0940. The molecule has 1 atom stereocenters. The largest absolute Gasteiger partial charge is 0.346 e. The zero-order valence-corrected chi connectivity index (χ0v) is 18.5. The van der Waals surface area contributed by atoms with Crippen LogP contribution in [0.2, 0.25) is 5.02 Å². The van der Waals surface area contributed by atoms with Gasteiger partial charge in [-0.2, -0.15) is 0 Å². The van der Waals surface area contributed by atoms with Gasteiger partial charge >= 0.3 is 0 Å². The molecule has 0 spiro atoms. The number of benzene rings is 3. The van der Waals surface area contributed by atoms with Crippen molar-refractivity contribution in [1.29, 1.82) is 0 Å². The maximum Gasteiger partial charge on any atom is 0.262 e. The van der Waals surface area contributed by atoms with E-state index in [9.17, 15) is 13.2 Å². The lowest BCUT2D eigenvalue weighted by Crippen LogP contribution is -2.26. The summed E-state index contributed by atoms with van der Waals surface area (Å²) in [5.74, 6) is -0.286. The highest BCUT2D eigenvalue weighted by atomic mass is 35.5. The van der Waals surface area contributed by atoms with Crippen molar-refractivity contribution in [2.45, 2.75) is 31.7 Å². The first-order valence-electron chi connectivity index (χ1n) is 9.43. The van der Waals surface area contributed by atoms with E-state index in [0.29, 0.717) is 27.4 Å². The minimum atomic E-state index is -3.83. The molecule has 3 aromatic carbocycles. The van der Waals surface area contributed by atoms with Crippen LogP contribution < -0.4 is 10.0 Å². The van der Waals surface area contributed by atoms with Crippen LogP contribution in [-0.4, -0.2) is 14.3 Å². The second kappa shape index (κ2) is 8.90. The second-order valence-corrected chi connectivity index (χ2v) is 9.22. The fraction of sp³-hybridized carbons (Fsp3) is 0.174. The van der Waals surface area contributed by atoms with Crippen molar-refractivity contribution in [2.24, 2.45) is 0 Å². The lowest BCUT2D eigenvalue weighted by atomic mass is 10.1. The van der Waals surface area contributed by atoms with Crippen molar-refractivity contribution < 1.29 is 13.2 Å². The van der Waals surface area contributed by atoms with E-state index in [1.807, 2.05) is 37.3 Å². The molecule has 0 heterocycles. The van der Waals surface area contributed by atoms with Crippen LogP contribution in [-0.2, 0) is 10.0 Å². The van der Waals surface area contributed by atoms with Crippen LogP contribution in [0.4, 0.5) is 5.69 Å². The predicted octanol–water partition coefficient (Wildman–Crippen LogP) is 5.25. The van der Waals surface area contributed by atoms with E-state index in [4.69, 9.17) is 11.6 Å². The summed E-state index contributed by atoms with van der Waals surface area (Å²) in [4.78, 5) is 12.8. The van der Waals surface area contributed by atoms with Crippen molar-refractivity contribution >= 4 is 33.2 Å². The molecule has 0 fully saturated rings. The monoisotopic (exact) mass is 442 g/mol. The van der Waals surface area contributed by atoms with Gasteiger partial charge in [0.05, 0.1) is 10.9 Å². The fourth-order valence-electron chi connectivity index (χ4n) is 3.08. The van der Waals surface area contributed by atoms with E-state index >= 15 is 0 Å². The van der Waals surface area contributed by atoms with Crippen LogP contribution in [0.3, 0.4) is 0 Å². The highest BCUT2D eigenvalue weighted by Gasteiger charge is 2.19. The molecular formula is C23H23ClN2O3S. The number of nitrogens with one attached hydrogen (secondary N) is 2. The van der Waals surface area contributed by atoms with Gasteiger partial charge in [0.1, 0.15) is 0 Å². The fourth-order valence-corrected chi connectivity index (χ4v) is 4.66. The first-order valence-corrected chi connectivity index (χ1v) is 11.3.